The van der Waals surface area contributed by atoms with Gasteiger partial charge >= 0.3 is 0 Å². The van der Waals surface area contributed by atoms with Crippen molar-refractivity contribution >= 4 is 27.5 Å². The van der Waals surface area contributed by atoms with Gasteiger partial charge in [-0.25, -0.2) is 13.1 Å². The molecule has 0 heterocycles. The van der Waals surface area contributed by atoms with Crippen molar-refractivity contribution in [3.8, 4) is 0 Å². The van der Waals surface area contributed by atoms with E-state index in [2.05, 4.69) is 10.0 Å². The van der Waals surface area contributed by atoms with Gasteiger partial charge in [0, 0.05) is 11.6 Å². The number of sulfonamides is 1. The molecule has 0 saturated heterocycles. The summed E-state index contributed by atoms with van der Waals surface area (Å²) < 4.78 is 27.4. The molecule has 0 aliphatic heterocycles. The molecule has 1 fully saturated rings. The molecule has 0 spiro atoms. The van der Waals surface area contributed by atoms with Crippen molar-refractivity contribution in [2.75, 3.05) is 0 Å². The molecule has 1 aliphatic carbocycles. The molecule has 0 aromatic heterocycles. The Balaban J connectivity index is 1.80. The number of nitrogens with one attached hydrogen (secondary N) is 2. The van der Waals surface area contributed by atoms with Crippen LogP contribution >= 0.6 is 11.6 Å². The molecule has 1 aliphatic rings. The molecule has 0 radical (unpaired) electrons. The third kappa shape index (κ3) is 4.39. The largest absolute Gasteiger partial charge is 0.346 e. The minimum atomic E-state index is -3.73. The van der Waals surface area contributed by atoms with E-state index in [1.54, 1.807) is 0 Å². The fourth-order valence-corrected chi connectivity index (χ4v) is 4.27. The molecule has 2 aromatic carbocycles. The van der Waals surface area contributed by atoms with Gasteiger partial charge in [-0.1, -0.05) is 41.9 Å². The van der Waals surface area contributed by atoms with E-state index < -0.39 is 10.0 Å². The van der Waals surface area contributed by atoms with Gasteiger partial charge in [-0.05, 0) is 43.5 Å². The molecule has 2 aromatic rings. The van der Waals surface area contributed by atoms with Crippen LogP contribution in [0, 0.1) is 0 Å². The lowest BCUT2D eigenvalue weighted by Gasteiger charge is -2.15. The number of hydrogen-bond donors (Lipinski definition) is 2. The molecule has 5 nitrogen and oxygen atoms in total. The predicted octanol–water partition coefficient (Wildman–Crippen LogP) is 3.27. The number of carbonyl (C=O) groups is 1. The number of hydrogen-bond acceptors (Lipinski definition) is 3. The number of rotatable bonds is 6. The second-order valence-corrected chi connectivity index (χ2v) is 8.24. The first-order valence-electron chi connectivity index (χ1n) is 8.04. The standard InChI is InChI=1S/C18H19ClN2O3S/c1-12(13-5-3-2-4-6-13)20-18(22)14-7-10-16(19)17(11-14)25(23,24)21-15-8-9-15/h2-7,10-12,15,21H,8-9H2,1H3,(H,20,22)/t12-/m1/s1. The smallest absolute Gasteiger partial charge is 0.251 e. The van der Waals surface area contributed by atoms with Crippen molar-refractivity contribution in [1.82, 2.24) is 10.0 Å². The van der Waals surface area contributed by atoms with Crippen molar-refractivity contribution < 1.29 is 13.2 Å². The number of benzene rings is 2. The van der Waals surface area contributed by atoms with E-state index in [9.17, 15) is 13.2 Å². The Hall–Kier alpha value is -1.89. The minimum absolute atomic E-state index is 0.0309. The maximum atomic E-state index is 12.5. The Morgan fingerprint density at radius 3 is 2.48 bits per heavy atom. The van der Waals surface area contributed by atoms with E-state index in [1.165, 1.54) is 18.2 Å². The first-order valence-corrected chi connectivity index (χ1v) is 9.90. The first-order chi connectivity index (χ1) is 11.9. The van der Waals surface area contributed by atoms with Gasteiger partial charge < -0.3 is 5.32 Å². The number of amides is 1. The van der Waals surface area contributed by atoms with Gasteiger partial charge in [0.05, 0.1) is 11.1 Å². The highest BCUT2D eigenvalue weighted by atomic mass is 35.5. The van der Waals surface area contributed by atoms with Gasteiger partial charge in [0.2, 0.25) is 10.0 Å². The molecule has 132 valence electrons. The highest BCUT2D eigenvalue weighted by molar-refractivity contribution is 7.89. The normalized spacial score (nSPS) is 15.6. The van der Waals surface area contributed by atoms with Crippen LogP contribution in [0.25, 0.3) is 0 Å². The zero-order valence-corrected chi connectivity index (χ0v) is 15.3. The lowest BCUT2D eigenvalue weighted by Crippen LogP contribution is -2.28. The van der Waals surface area contributed by atoms with E-state index in [-0.39, 0.29) is 33.5 Å². The van der Waals surface area contributed by atoms with Crippen LogP contribution in [0.3, 0.4) is 0 Å². The van der Waals surface area contributed by atoms with E-state index >= 15 is 0 Å². The van der Waals surface area contributed by atoms with Crippen LogP contribution in [-0.2, 0) is 10.0 Å². The molecule has 0 bridgehead atoms. The summed E-state index contributed by atoms with van der Waals surface area (Å²) in [6.45, 7) is 1.87. The second kappa shape index (κ2) is 7.15. The molecule has 1 saturated carbocycles. The molecule has 1 atom stereocenters. The Morgan fingerprint density at radius 2 is 1.84 bits per heavy atom. The van der Waals surface area contributed by atoms with Gasteiger partial charge in [0.1, 0.15) is 4.90 Å². The molecule has 0 unspecified atom stereocenters. The van der Waals surface area contributed by atoms with Crippen LogP contribution in [0.15, 0.2) is 53.4 Å². The van der Waals surface area contributed by atoms with Crippen molar-refractivity contribution in [3.05, 3.63) is 64.7 Å². The number of carbonyl (C=O) groups excluding carboxylic acids is 1. The Kier molecular flexibility index (Phi) is 5.13. The van der Waals surface area contributed by atoms with Crippen LogP contribution in [0.5, 0.6) is 0 Å². The van der Waals surface area contributed by atoms with Gasteiger partial charge in [-0.2, -0.15) is 0 Å². The monoisotopic (exact) mass is 378 g/mol. The van der Waals surface area contributed by atoms with Crippen LogP contribution in [0.4, 0.5) is 0 Å². The minimum Gasteiger partial charge on any atom is -0.346 e. The van der Waals surface area contributed by atoms with E-state index in [0.717, 1.165) is 18.4 Å². The van der Waals surface area contributed by atoms with E-state index in [1.807, 2.05) is 37.3 Å². The quantitative estimate of drug-likeness (QED) is 0.810. The Labute approximate surface area is 152 Å². The predicted molar refractivity (Wildman–Crippen MR) is 97.1 cm³/mol. The lowest BCUT2D eigenvalue weighted by atomic mass is 10.1. The highest BCUT2D eigenvalue weighted by Crippen LogP contribution is 2.27. The molecular weight excluding hydrogens is 360 g/mol. The molecule has 25 heavy (non-hydrogen) atoms. The summed E-state index contributed by atoms with van der Waals surface area (Å²) in [5.41, 5.74) is 1.22. The third-order valence-corrected chi connectivity index (χ3v) is 6.03. The van der Waals surface area contributed by atoms with Crippen LogP contribution in [0.1, 0.15) is 41.7 Å². The summed E-state index contributed by atoms with van der Waals surface area (Å²) >= 11 is 6.04. The summed E-state index contributed by atoms with van der Waals surface area (Å²) in [4.78, 5) is 12.4. The van der Waals surface area contributed by atoms with Crippen molar-refractivity contribution in [2.24, 2.45) is 0 Å². The maximum absolute atomic E-state index is 12.5. The summed E-state index contributed by atoms with van der Waals surface area (Å²) in [5.74, 6) is -0.351. The van der Waals surface area contributed by atoms with Gasteiger partial charge in [-0.3, -0.25) is 4.79 Å². The average Bonchev–Trinajstić information content (AvgIpc) is 3.39. The van der Waals surface area contributed by atoms with Crippen molar-refractivity contribution in [3.63, 3.8) is 0 Å². The molecule has 2 N–H and O–H groups in total. The second-order valence-electron chi connectivity index (χ2n) is 6.15. The summed E-state index contributed by atoms with van der Waals surface area (Å²) in [6.07, 6.45) is 1.65. The van der Waals surface area contributed by atoms with Gasteiger partial charge in [0.25, 0.3) is 5.91 Å². The summed E-state index contributed by atoms with van der Waals surface area (Å²) in [7, 11) is -3.73. The van der Waals surface area contributed by atoms with Gasteiger partial charge in [-0.15, -0.1) is 0 Å². The molecular formula is C18H19ClN2O3S. The fraction of sp³-hybridized carbons (Fsp3) is 0.278. The maximum Gasteiger partial charge on any atom is 0.251 e. The molecule has 7 heteroatoms. The Bertz CT molecular complexity index is 880. The van der Waals surface area contributed by atoms with Crippen molar-refractivity contribution in [2.45, 2.75) is 36.7 Å². The Morgan fingerprint density at radius 1 is 1.16 bits per heavy atom. The summed E-state index contributed by atoms with van der Waals surface area (Å²) in [5, 5.41) is 2.96. The lowest BCUT2D eigenvalue weighted by molar-refractivity contribution is 0.0939. The number of halogens is 1. The van der Waals surface area contributed by atoms with Crippen LogP contribution < -0.4 is 10.0 Å². The van der Waals surface area contributed by atoms with E-state index in [4.69, 9.17) is 11.6 Å². The fourth-order valence-electron chi connectivity index (χ4n) is 2.44. The van der Waals surface area contributed by atoms with E-state index in [0.29, 0.717) is 0 Å². The highest BCUT2D eigenvalue weighted by Gasteiger charge is 2.29. The van der Waals surface area contributed by atoms with Crippen LogP contribution in [-0.4, -0.2) is 20.4 Å². The SMILES string of the molecule is C[C@@H](NC(=O)c1ccc(Cl)c(S(=O)(=O)NC2CC2)c1)c1ccccc1. The molecule has 1 amide bonds. The van der Waals surface area contributed by atoms with Crippen molar-refractivity contribution in [1.29, 1.82) is 0 Å². The zero-order chi connectivity index (χ0) is 18.0. The zero-order valence-electron chi connectivity index (χ0n) is 13.7. The molecule has 3 rings (SSSR count). The van der Waals surface area contributed by atoms with Gasteiger partial charge in [0.15, 0.2) is 0 Å². The average molecular weight is 379 g/mol. The summed E-state index contributed by atoms with van der Waals surface area (Å²) in [6, 6.07) is 13.6. The van der Waals surface area contributed by atoms with Crippen LogP contribution in [0.2, 0.25) is 5.02 Å². The first kappa shape index (κ1) is 17.9. The topological polar surface area (TPSA) is 75.3 Å². The third-order valence-electron chi connectivity index (χ3n) is 4.03.